The van der Waals surface area contributed by atoms with Crippen LogP contribution in [0.4, 0.5) is 5.00 Å². The van der Waals surface area contributed by atoms with Crippen LogP contribution >= 0.6 is 11.5 Å². The Morgan fingerprint density at radius 2 is 2.06 bits per heavy atom. The fourth-order valence-electron chi connectivity index (χ4n) is 1.20. The van der Waals surface area contributed by atoms with Crippen LogP contribution in [-0.2, 0) is 6.61 Å². The van der Waals surface area contributed by atoms with Crippen LogP contribution in [-0.4, -0.2) is 16.7 Å². The number of benzene rings is 1. The summed E-state index contributed by atoms with van der Waals surface area (Å²) < 4.78 is 14.4. The highest BCUT2D eigenvalue weighted by atomic mass is 32.1. The third-order valence-corrected chi connectivity index (χ3v) is 2.61. The SMILES string of the molecule is COc1ccccc1OCc1nnsc1N. The summed E-state index contributed by atoms with van der Waals surface area (Å²) in [5, 5.41) is 4.44. The van der Waals surface area contributed by atoms with Gasteiger partial charge in [0.15, 0.2) is 11.5 Å². The van der Waals surface area contributed by atoms with E-state index >= 15 is 0 Å². The Labute approximate surface area is 97.0 Å². The summed E-state index contributed by atoms with van der Waals surface area (Å²) >= 11 is 1.15. The highest BCUT2D eigenvalue weighted by molar-refractivity contribution is 7.09. The van der Waals surface area contributed by atoms with Crippen molar-refractivity contribution in [3.05, 3.63) is 30.0 Å². The zero-order chi connectivity index (χ0) is 11.4. The molecule has 1 aromatic heterocycles. The van der Waals surface area contributed by atoms with Gasteiger partial charge in [-0.3, -0.25) is 0 Å². The van der Waals surface area contributed by atoms with Gasteiger partial charge in [0.25, 0.3) is 0 Å². The lowest BCUT2D eigenvalue weighted by Gasteiger charge is -2.08. The summed E-state index contributed by atoms with van der Waals surface area (Å²) in [4.78, 5) is 0. The molecule has 1 heterocycles. The van der Waals surface area contributed by atoms with Gasteiger partial charge in [0.05, 0.1) is 7.11 Å². The number of anilines is 1. The van der Waals surface area contributed by atoms with Gasteiger partial charge < -0.3 is 15.2 Å². The standard InChI is InChI=1S/C10H11N3O2S/c1-14-8-4-2-3-5-9(8)15-6-7-10(11)16-13-12-7/h2-5H,6,11H2,1H3. The topological polar surface area (TPSA) is 70.3 Å². The van der Waals surface area contributed by atoms with Gasteiger partial charge in [-0.1, -0.05) is 16.6 Å². The van der Waals surface area contributed by atoms with Crippen LogP contribution in [0.5, 0.6) is 11.5 Å². The second-order valence-electron chi connectivity index (χ2n) is 3.02. The Morgan fingerprint density at radius 3 is 2.69 bits per heavy atom. The predicted octanol–water partition coefficient (Wildman–Crippen LogP) is 1.71. The van der Waals surface area contributed by atoms with E-state index in [4.69, 9.17) is 15.2 Å². The molecule has 0 unspecified atom stereocenters. The number of aromatic nitrogens is 2. The third kappa shape index (κ3) is 2.22. The van der Waals surface area contributed by atoms with Gasteiger partial charge in [-0.05, 0) is 12.1 Å². The number of nitrogens with two attached hydrogens (primary N) is 1. The summed E-state index contributed by atoms with van der Waals surface area (Å²) in [5.74, 6) is 1.35. The minimum atomic E-state index is 0.294. The highest BCUT2D eigenvalue weighted by Crippen LogP contribution is 2.27. The molecule has 0 bridgehead atoms. The molecule has 6 heteroatoms. The maximum absolute atomic E-state index is 5.66. The molecule has 2 rings (SSSR count). The van der Waals surface area contributed by atoms with Crippen LogP contribution in [0.2, 0.25) is 0 Å². The Morgan fingerprint density at radius 1 is 1.31 bits per heavy atom. The lowest BCUT2D eigenvalue weighted by Crippen LogP contribution is -2.00. The van der Waals surface area contributed by atoms with Crippen LogP contribution in [0.25, 0.3) is 0 Å². The zero-order valence-corrected chi connectivity index (χ0v) is 9.53. The number of methoxy groups -OCH3 is 1. The summed E-state index contributed by atoms with van der Waals surface area (Å²) in [6.45, 7) is 0.294. The molecule has 16 heavy (non-hydrogen) atoms. The molecule has 0 amide bonds. The number of nitrogens with zero attached hydrogens (tertiary/aromatic N) is 2. The first-order valence-electron chi connectivity index (χ1n) is 4.64. The van der Waals surface area contributed by atoms with E-state index < -0.39 is 0 Å². The van der Waals surface area contributed by atoms with Crippen molar-refractivity contribution < 1.29 is 9.47 Å². The molecule has 84 valence electrons. The van der Waals surface area contributed by atoms with Crippen molar-refractivity contribution in [1.82, 2.24) is 9.59 Å². The molecule has 2 aromatic rings. The van der Waals surface area contributed by atoms with Gasteiger partial charge in [0.1, 0.15) is 17.3 Å². The molecule has 0 saturated heterocycles. The fourth-order valence-corrected chi connectivity index (χ4v) is 1.63. The Balaban J connectivity index is 2.07. The van der Waals surface area contributed by atoms with Crippen molar-refractivity contribution >= 4 is 16.5 Å². The molecule has 0 spiro atoms. The van der Waals surface area contributed by atoms with E-state index in [1.165, 1.54) is 0 Å². The van der Waals surface area contributed by atoms with Gasteiger partial charge in [-0.25, -0.2) is 0 Å². The van der Waals surface area contributed by atoms with Gasteiger partial charge in [-0.15, -0.1) is 5.10 Å². The summed E-state index contributed by atoms with van der Waals surface area (Å²) in [5.41, 5.74) is 6.31. The Hall–Kier alpha value is -1.82. The summed E-state index contributed by atoms with van der Waals surface area (Å²) in [7, 11) is 1.60. The molecule has 0 saturated carbocycles. The zero-order valence-electron chi connectivity index (χ0n) is 8.71. The van der Waals surface area contributed by atoms with Crippen molar-refractivity contribution in [2.45, 2.75) is 6.61 Å². The number of rotatable bonds is 4. The molecule has 0 aliphatic heterocycles. The molecule has 0 aliphatic rings. The van der Waals surface area contributed by atoms with Gasteiger partial charge >= 0.3 is 0 Å². The summed E-state index contributed by atoms with van der Waals surface area (Å²) in [6.07, 6.45) is 0. The minimum Gasteiger partial charge on any atom is -0.493 e. The quantitative estimate of drug-likeness (QED) is 0.876. The van der Waals surface area contributed by atoms with Gasteiger partial charge in [0.2, 0.25) is 0 Å². The van der Waals surface area contributed by atoms with Crippen molar-refractivity contribution in [2.24, 2.45) is 0 Å². The van der Waals surface area contributed by atoms with Crippen LogP contribution < -0.4 is 15.2 Å². The van der Waals surface area contributed by atoms with Crippen LogP contribution in [0, 0.1) is 0 Å². The van der Waals surface area contributed by atoms with Crippen LogP contribution in [0.3, 0.4) is 0 Å². The maximum atomic E-state index is 5.66. The van der Waals surface area contributed by atoms with Crippen molar-refractivity contribution in [1.29, 1.82) is 0 Å². The van der Waals surface area contributed by atoms with E-state index in [0.29, 0.717) is 28.8 Å². The third-order valence-electron chi connectivity index (χ3n) is 2.02. The predicted molar refractivity (Wildman–Crippen MR) is 61.6 cm³/mol. The molecule has 0 radical (unpaired) electrons. The molecule has 0 aliphatic carbocycles. The lowest BCUT2D eigenvalue weighted by atomic mass is 10.3. The average Bonchev–Trinajstić information content (AvgIpc) is 2.72. The van der Waals surface area contributed by atoms with E-state index in [1.807, 2.05) is 24.3 Å². The van der Waals surface area contributed by atoms with Crippen molar-refractivity contribution in [3.8, 4) is 11.5 Å². The molecule has 0 fully saturated rings. The first kappa shape index (κ1) is 10.7. The van der Waals surface area contributed by atoms with Crippen molar-refractivity contribution in [3.63, 3.8) is 0 Å². The lowest BCUT2D eigenvalue weighted by molar-refractivity contribution is 0.281. The first-order chi connectivity index (χ1) is 7.81. The van der Waals surface area contributed by atoms with Crippen LogP contribution in [0.15, 0.2) is 24.3 Å². The van der Waals surface area contributed by atoms with E-state index in [1.54, 1.807) is 7.11 Å². The van der Waals surface area contributed by atoms with E-state index in [9.17, 15) is 0 Å². The molecular weight excluding hydrogens is 226 g/mol. The van der Waals surface area contributed by atoms with E-state index in [2.05, 4.69) is 9.59 Å². The number of nitrogen functional groups attached to an aromatic ring is 1. The average molecular weight is 237 g/mol. The molecule has 0 atom stereocenters. The number of ether oxygens (including phenoxy) is 2. The largest absolute Gasteiger partial charge is 0.493 e. The summed E-state index contributed by atoms with van der Waals surface area (Å²) in [6, 6.07) is 7.41. The maximum Gasteiger partial charge on any atom is 0.161 e. The fraction of sp³-hybridized carbons (Fsp3) is 0.200. The number of hydrogen-bond acceptors (Lipinski definition) is 6. The normalized spacial score (nSPS) is 10.1. The molecule has 2 N–H and O–H groups in total. The molecular formula is C10H11N3O2S. The monoisotopic (exact) mass is 237 g/mol. The van der Waals surface area contributed by atoms with Crippen molar-refractivity contribution in [2.75, 3.05) is 12.8 Å². The molecule has 5 nitrogen and oxygen atoms in total. The van der Waals surface area contributed by atoms with Crippen LogP contribution in [0.1, 0.15) is 5.69 Å². The first-order valence-corrected chi connectivity index (χ1v) is 5.41. The van der Waals surface area contributed by atoms with Gasteiger partial charge in [-0.2, -0.15) is 0 Å². The van der Waals surface area contributed by atoms with E-state index in [-0.39, 0.29) is 0 Å². The molecule has 1 aromatic carbocycles. The Kier molecular flexibility index (Phi) is 3.21. The highest BCUT2D eigenvalue weighted by Gasteiger charge is 2.07. The number of hydrogen-bond donors (Lipinski definition) is 1. The van der Waals surface area contributed by atoms with E-state index in [0.717, 1.165) is 11.5 Å². The second kappa shape index (κ2) is 4.80. The smallest absolute Gasteiger partial charge is 0.161 e. The Bertz CT molecular complexity index is 473. The minimum absolute atomic E-state index is 0.294. The number of para-hydroxylation sites is 2. The second-order valence-corrected chi connectivity index (χ2v) is 3.81. The van der Waals surface area contributed by atoms with Gasteiger partial charge in [0, 0.05) is 11.5 Å².